The van der Waals surface area contributed by atoms with E-state index in [1.54, 1.807) is 0 Å². The maximum atomic E-state index is 10.8. The number of hydrogen-bond donors (Lipinski definition) is 2. The number of hydrogen-bond acceptors (Lipinski definition) is 2. The first-order valence-corrected chi connectivity index (χ1v) is 8.39. The molecule has 0 spiro atoms. The molecule has 2 N–H and O–H groups in total. The van der Waals surface area contributed by atoms with Crippen LogP contribution in [0.15, 0.2) is 35.9 Å². The molecule has 0 atom stereocenters. The van der Waals surface area contributed by atoms with Crippen LogP contribution in [-0.4, -0.2) is 10.2 Å². The van der Waals surface area contributed by atoms with Crippen LogP contribution in [0, 0.1) is 6.92 Å². The van der Waals surface area contributed by atoms with E-state index < -0.39 is 0 Å². The van der Waals surface area contributed by atoms with Gasteiger partial charge in [-0.3, -0.25) is 0 Å². The van der Waals surface area contributed by atoms with Gasteiger partial charge in [0.1, 0.15) is 11.5 Å². The van der Waals surface area contributed by atoms with Gasteiger partial charge in [0.05, 0.1) is 0 Å². The van der Waals surface area contributed by atoms with E-state index in [1.807, 2.05) is 31.2 Å². The Labute approximate surface area is 139 Å². The normalized spacial score (nSPS) is 12.8. The van der Waals surface area contributed by atoms with Gasteiger partial charge in [0.2, 0.25) is 0 Å². The quantitative estimate of drug-likeness (QED) is 0.527. The van der Waals surface area contributed by atoms with Crippen molar-refractivity contribution in [2.24, 2.45) is 0 Å². The summed E-state index contributed by atoms with van der Waals surface area (Å²) < 4.78 is 0. The molecular formula is C21H28O2. The minimum atomic E-state index is -0.245. The zero-order valence-electron chi connectivity index (χ0n) is 14.9. The molecule has 0 amide bonds. The molecule has 0 fully saturated rings. The summed E-state index contributed by atoms with van der Waals surface area (Å²) in [6, 6.07) is 7.47. The first-order valence-electron chi connectivity index (χ1n) is 8.39. The Hall–Kier alpha value is -1.96. The van der Waals surface area contributed by atoms with Crippen molar-refractivity contribution in [3.63, 3.8) is 0 Å². The third-order valence-electron chi connectivity index (χ3n) is 4.69. The first-order chi connectivity index (χ1) is 10.8. The van der Waals surface area contributed by atoms with Crippen molar-refractivity contribution in [3.05, 3.63) is 47.0 Å². The van der Waals surface area contributed by atoms with E-state index in [0.717, 1.165) is 30.4 Å². The summed E-state index contributed by atoms with van der Waals surface area (Å²) in [5.41, 5.74) is 2.75. The van der Waals surface area contributed by atoms with Crippen LogP contribution in [-0.2, 0) is 5.41 Å². The molecule has 2 rings (SSSR count). The van der Waals surface area contributed by atoms with Crippen LogP contribution >= 0.6 is 0 Å². The summed E-state index contributed by atoms with van der Waals surface area (Å²) >= 11 is 0. The molecule has 0 radical (unpaired) electrons. The molecule has 2 nitrogen and oxygen atoms in total. The number of benzene rings is 2. The van der Waals surface area contributed by atoms with Crippen LogP contribution in [0.25, 0.3) is 10.8 Å². The summed E-state index contributed by atoms with van der Waals surface area (Å²) in [6.07, 6.45) is 5.34. The van der Waals surface area contributed by atoms with Gasteiger partial charge in [0, 0.05) is 16.3 Å². The lowest BCUT2D eigenvalue weighted by Crippen LogP contribution is -2.18. The average Bonchev–Trinajstić information content (AvgIpc) is 2.51. The second-order valence-electron chi connectivity index (χ2n) is 7.13. The van der Waals surface area contributed by atoms with Gasteiger partial charge >= 0.3 is 0 Å². The Balaban J connectivity index is 2.56. The van der Waals surface area contributed by atoms with Gasteiger partial charge < -0.3 is 10.2 Å². The first kappa shape index (κ1) is 17.4. The molecule has 0 aliphatic carbocycles. The third-order valence-corrected chi connectivity index (χ3v) is 4.69. The number of fused-ring (bicyclic) bond motifs is 1. The lowest BCUT2D eigenvalue weighted by molar-refractivity contribution is 0.429. The second kappa shape index (κ2) is 6.66. The lowest BCUT2D eigenvalue weighted by atomic mass is 9.77. The summed E-state index contributed by atoms with van der Waals surface area (Å²) in [5, 5.41) is 22.8. The second-order valence-corrected chi connectivity index (χ2v) is 7.13. The molecule has 0 aliphatic heterocycles. The van der Waals surface area contributed by atoms with Crippen molar-refractivity contribution in [2.45, 2.75) is 59.3 Å². The topological polar surface area (TPSA) is 40.5 Å². The monoisotopic (exact) mass is 312 g/mol. The van der Waals surface area contributed by atoms with Crippen molar-refractivity contribution in [2.75, 3.05) is 0 Å². The fourth-order valence-corrected chi connectivity index (χ4v) is 3.38. The van der Waals surface area contributed by atoms with Crippen molar-refractivity contribution < 1.29 is 10.2 Å². The maximum Gasteiger partial charge on any atom is 0.127 e. The number of phenolic OH excluding ortho intramolecular Hbond substituents is 2. The van der Waals surface area contributed by atoms with E-state index in [4.69, 9.17) is 0 Å². The lowest BCUT2D eigenvalue weighted by Gasteiger charge is -2.28. The molecule has 0 aliphatic rings. The average molecular weight is 312 g/mol. The van der Waals surface area contributed by atoms with Crippen LogP contribution in [0.2, 0.25) is 0 Å². The van der Waals surface area contributed by atoms with Crippen molar-refractivity contribution in [1.82, 2.24) is 0 Å². The van der Waals surface area contributed by atoms with Gasteiger partial charge in [-0.05, 0) is 37.7 Å². The van der Waals surface area contributed by atoms with Gasteiger partial charge in [-0.1, -0.05) is 63.1 Å². The van der Waals surface area contributed by atoms with Crippen molar-refractivity contribution in [1.29, 1.82) is 0 Å². The molecule has 2 aromatic carbocycles. The Morgan fingerprint density at radius 1 is 1.09 bits per heavy atom. The molecule has 2 aromatic rings. The fourth-order valence-electron chi connectivity index (χ4n) is 3.38. The zero-order valence-corrected chi connectivity index (χ0v) is 14.9. The standard InChI is InChI=1S/C21H28O2/c1-6-9-14(2)12-13-21(4,5)18-15(3)19(22)16-10-7-8-11-17(16)20(18)23/h7-8,10-12,22-23H,6,9,13H2,1-5H3/b14-12+. The molecule has 2 heteroatoms. The molecule has 0 aromatic heterocycles. The largest absolute Gasteiger partial charge is 0.507 e. The van der Waals surface area contributed by atoms with Crippen LogP contribution in [0.4, 0.5) is 0 Å². The van der Waals surface area contributed by atoms with Gasteiger partial charge in [-0.25, -0.2) is 0 Å². The highest BCUT2D eigenvalue weighted by atomic mass is 16.3. The third kappa shape index (κ3) is 3.36. The van der Waals surface area contributed by atoms with Crippen molar-refractivity contribution >= 4 is 10.8 Å². The fraction of sp³-hybridized carbons (Fsp3) is 0.429. The molecule has 0 saturated carbocycles. The molecule has 23 heavy (non-hydrogen) atoms. The SMILES string of the molecule is CCC/C(C)=C/CC(C)(C)c1c(C)c(O)c2ccccc2c1O. The highest BCUT2D eigenvalue weighted by molar-refractivity contribution is 5.95. The zero-order chi connectivity index (χ0) is 17.2. The smallest absolute Gasteiger partial charge is 0.127 e. The Morgan fingerprint density at radius 2 is 1.65 bits per heavy atom. The van der Waals surface area contributed by atoms with Gasteiger partial charge in [-0.15, -0.1) is 0 Å². The molecular weight excluding hydrogens is 284 g/mol. The van der Waals surface area contributed by atoms with E-state index in [2.05, 4.69) is 33.8 Å². The minimum absolute atomic E-state index is 0.245. The number of rotatable bonds is 5. The van der Waals surface area contributed by atoms with E-state index in [-0.39, 0.29) is 11.2 Å². The van der Waals surface area contributed by atoms with Gasteiger partial charge in [0.25, 0.3) is 0 Å². The van der Waals surface area contributed by atoms with Crippen LogP contribution in [0.1, 0.15) is 58.1 Å². The van der Waals surface area contributed by atoms with Crippen LogP contribution in [0.5, 0.6) is 11.5 Å². The highest BCUT2D eigenvalue weighted by Crippen LogP contribution is 2.45. The Kier molecular flexibility index (Phi) is 5.03. The van der Waals surface area contributed by atoms with Gasteiger partial charge in [0.15, 0.2) is 0 Å². The Morgan fingerprint density at radius 3 is 2.22 bits per heavy atom. The van der Waals surface area contributed by atoms with Gasteiger partial charge in [-0.2, -0.15) is 0 Å². The summed E-state index contributed by atoms with van der Waals surface area (Å²) in [6.45, 7) is 10.5. The molecule has 0 heterocycles. The molecule has 0 bridgehead atoms. The number of phenols is 2. The number of allylic oxidation sites excluding steroid dienone is 2. The summed E-state index contributed by atoms with van der Waals surface area (Å²) in [5.74, 6) is 0.568. The summed E-state index contributed by atoms with van der Waals surface area (Å²) in [4.78, 5) is 0. The van der Waals surface area contributed by atoms with E-state index in [9.17, 15) is 10.2 Å². The Bertz CT molecular complexity index is 739. The van der Waals surface area contributed by atoms with E-state index >= 15 is 0 Å². The predicted octanol–water partition coefficient (Wildman–Crippen LogP) is 5.97. The van der Waals surface area contributed by atoms with Crippen molar-refractivity contribution in [3.8, 4) is 11.5 Å². The summed E-state index contributed by atoms with van der Waals surface area (Å²) in [7, 11) is 0. The minimum Gasteiger partial charge on any atom is -0.507 e. The van der Waals surface area contributed by atoms with E-state index in [0.29, 0.717) is 16.5 Å². The number of aromatic hydroxyl groups is 2. The van der Waals surface area contributed by atoms with Crippen LogP contribution < -0.4 is 0 Å². The molecule has 0 unspecified atom stereocenters. The molecule has 124 valence electrons. The highest BCUT2D eigenvalue weighted by Gasteiger charge is 2.28. The molecule has 0 saturated heterocycles. The van der Waals surface area contributed by atoms with Crippen LogP contribution in [0.3, 0.4) is 0 Å². The maximum absolute atomic E-state index is 10.8. The predicted molar refractivity (Wildman–Crippen MR) is 98.3 cm³/mol. The van der Waals surface area contributed by atoms with E-state index in [1.165, 1.54) is 5.57 Å².